The second kappa shape index (κ2) is 12.4. The molecule has 214 valence electrons. The van der Waals surface area contributed by atoms with Gasteiger partial charge in [-0.1, -0.05) is 11.6 Å². The Kier molecular flexibility index (Phi) is 9.38. The van der Waals surface area contributed by atoms with Crippen LogP contribution < -0.4 is 16.0 Å². The Morgan fingerprint density at radius 2 is 1.90 bits per heavy atom. The van der Waals surface area contributed by atoms with Gasteiger partial charge in [-0.25, -0.2) is 4.79 Å². The molecule has 11 heteroatoms. The predicted octanol–water partition coefficient (Wildman–Crippen LogP) is 3.27. The molecule has 0 bridgehead atoms. The number of rotatable bonds is 11. The van der Waals surface area contributed by atoms with Crippen LogP contribution in [0, 0.1) is 5.92 Å². The van der Waals surface area contributed by atoms with Crippen LogP contribution in [0.4, 0.5) is 10.5 Å². The Morgan fingerprint density at radius 1 is 1.18 bits per heavy atom. The first-order valence-corrected chi connectivity index (χ1v) is 14.2. The highest BCUT2D eigenvalue weighted by Gasteiger charge is 2.72. The summed E-state index contributed by atoms with van der Waals surface area (Å²) in [7, 11) is 3.31. The van der Waals surface area contributed by atoms with Crippen molar-refractivity contribution in [2.45, 2.75) is 74.4 Å². The number of nitrogens with one attached hydrogen (secondary N) is 3. The molecule has 10 nitrogen and oxygen atoms in total. The third-order valence-corrected chi connectivity index (χ3v) is 8.59. The topological polar surface area (TPSA) is 131 Å². The van der Waals surface area contributed by atoms with E-state index in [0.29, 0.717) is 18.7 Å². The van der Waals surface area contributed by atoms with Gasteiger partial charge in [-0.15, -0.1) is 11.8 Å². The number of hydrogen-bond acceptors (Lipinski definition) is 9. The van der Waals surface area contributed by atoms with Gasteiger partial charge in [0.15, 0.2) is 0 Å². The van der Waals surface area contributed by atoms with Gasteiger partial charge in [0, 0.05) is 17.7 Å². The van der Waals surface area contributed by atoms with E-state index in [1.807, 2.05) is 0 Å². The number of carbonyl (C=O) groups excluding carboxylic acids is 3. The first-order chi connectivity index (χ1) is 18.6. The van der Waals surface area contributed by atoms with Crippen LogP contribution in [0.1, 0.15) is 40.0 Å². The minimum atomic E-state index is -0.787. The molecule has 39 heavy (non-hydrogen) atoms. The van der Waals surface area contributed by atoms with Crippen molar-refractivity contribution >= 4 is 35.4 Å². The lowest BCUT2D eigenvalue weighted by atomic mass is 9.68. The second-order valence-electron chi connectivity index (χ2n) is 10.8. The fraction of sp³-hybridized carbons (Fsp3) is 0.607. The number of anilines is 1. The minimum Gasteiger partial charge on any atom is -0.443 e. The van der Waals surface area contributed by atoms with Gasteiger partial charge in [-0.3, -0.25) is 14.9 Å². The van der Waals surface area contributed by atoms with Crippen LogP contribution in [0.5, 0.6) is 0 Å². The molecule has 3 amide bonds. The van der Waals surface area contributed by atoms with Crippen LogP contribution in [0.15, 0.2) is 40.8 Å². The highest BCUT2D eigenvalue weighted by atomic mass is 32.2. The van der Waals surface area contributed by atoms with Gasteiger partial charge in [-0.05, 0) is 71.3 Å². The van der Waals surface area contributed by atoms with E-state index in [4.69, 9.17) is 18.9 Å². The van der Waals surface area contributed by atoms with Crippen molar-refractivity contribution in [3.63, 3.8) is 0 Å². The van der Waals surface area contributed by atoms with E-state index in [1.165, 1.54) is 17.3 Å². The zero-order valence-corrected chi connectivity index (χ0v) is 24.0. The van der Waals surface area contributed by atoms with Gasteiger partial charge in [0.05, 0.1) is 30.9 Å². The highest BCUT2D eigenvalue weighted by Crippen LogP contribution is 2.59. The molecule has 3 fully saturated rings. The molecule has 1 aromatic rings. The molecule has 1 saturated carbocycles. The zero-order valence-electron chi connectivity index (χ0n) is 23.2. The number of alkyl carbamates (subject to hydrolysis) is 1. The standard InChI is InChI=1S/C28H39N3O7S/c1-17(2)6-11-21-27(3,38-21)25-24(35-5)20(12-13-28(25)16-36-28)37-26(34)31-23(33)15-39-19-9-7-18(8-10-19)30-22(32)14-29-4/h6-10,20-21,24-25,29H,11-16H2,1-5H3,(H,30,32)(H,31,33,34)/t20?,21-,24?,25?,27+,28+/m1/s1. The number of thioether (sulfide) groups is 1. The summed E-state index contributed by atoms with van der Waals surface area (Å²) in [5, 5.41) is 7.88. The fourth-order valence-corrected chi connectivity index (χ4v) is 6.23. The smallest absolute Gasteiger partial charge is 0.414 e. The number of epoxide rings is 2. The summed E-state index contributed by atoms with van der Waals surface area (Å²) in [4.78, 5) is 37.6. The van der Waals surface area contributed by atoms with E-state index in [1.54, 1.807) is 38.4 Å². The summed E-state index contributed by atoms with van der Waals surface area (Å²) < 4.78 is 23.7. The summed E-state index contributed by atoms with van der Waals surface area (Å²) in [6.45, 7) is 7.08. The molecule has 0 radical (unpaired) electrons. The number of benzene rings is 1. The van der Waals surface area contributed by atoms with E-state index in [0.717, 1.165) is 17.7 Å². The fourth-order valence-electron chi connectivity index (χ4n) is 5.54. The van der Waals surface area contributed by atoms with Gasteiger partial charge in [-0.2, -0.15) is 0 Å². The molecule has 1 aliphatic carbocycles. The van der Waals surface area contributed by atoms with E-state index in [2.05, 4.69) is 42.8 Å². The monoisotopic (exact) mass is 561 g/mol. The molecule has 2 heterocycles. The summed E-state index contributed by atoms with van der Waals surface area (Å²) in [5.74, 6) is -0.650. The van der Waals surface area contributed by atoms with Crippen molar-refractivity contribution in [3.8, 4) is 0 Å². The van der Waals surface area contributed by atoms with Crippen LogP contribution in [-0.2, 0) is 28.5 Å². The quantitative estimate of drug-likeness (QED) is 0.212. The number of methoxy groups -OCH3 is 1. The van der Waals surface area contributed by atoms with E-state index < -0.39 is 29.8 Å². The third kappa shape index (κ3) is 7.20. The summed E-state index contributed by atoms with van der Waals surface area (Å²) >= 11 is 1.28. The summed E-state index contributed by atoms with van der Waals surface area (Å²) in [6.07, 6.45) is 2.63. The SMILES string of the molecule is CNCC(=O)Nc1ccc(SCC(=O)NC(=O)OC2CC[C@]3(CO3)C([C@@]3(C)O[C@@H]3CC=C(C)C)C2OC)cc1. The zero-order chi connectivity index (χ0) is 28.2. The van der Waals surface area contributed by atoms with Crippen LogP contribution in [0.25, 0.3) is 0 Å². The Hall–Kier alpha value is -2.44. The molecule has 4 rings (SSSR count). The average Bonchev–Trinajstić information content (AvgIpc) is 3.80. The number of ether oxygens (including phenoxy) is 4. The average molecular weight is 562 g/mol. The number of hydrogen-bond donors (Lipinski definition) is 3. The number of imide groups is 1. The van der Waals surface area contributed by atoms with Crippen molar-refractivity contribution < 1.29 is 33.3 Å². The van der Waals surface area contributed by atoms with Crippen molar-refractivity contribution in [3.05, 3.63) is 35.9 Å². The maximum atomic E-state index is 12.7. The molecule has 1 spiro atoms. The first-order valence-electron chi connectivity index (χ1n) is 13.3. The van der Waals surface area contributed by atoms with Crippen molar-refractivity contribution in [2.75, 3.05) is 38.4 Å². The maximum absolute atomic E-state index is 12.7. The van der Waals surface area contributed by atoms with Gasteiger partial charge in [0.25, 0.3) is 0 Å². The molecule has 3 unspecified atom stereocenters. The van der Waals surface area contributed by atoms with E-state index in [9.17, 15) is 14.4 Å². The molecule has 2 saturated heterocycles. The van der Waals surface area contributed by atoms with Crippen LogP contribution >= 0.6 is 11.8 Å². The molecule has 6 atom stereocenters. The van der Waals surface area contributed by atoms with Crippen LogP contribution in [0.3, 0.4) is 0 Å². The molecule has 2 aliphatic heterocycles. The Bertz CT molecular complexity index is 1090. The largest absolute Gasteiger partial charge is 0.443 e. The summed E-state index contributed by atoms with van der Waals surface area (Å²) in [5.41, 5.74) is 1.16. The van der Waals surface area contributed by atoms with E-state index in [-0.39, 0.29) is 35.8 Å². The number of amides is 3. The number of carbonyl (C=O) groups is 3. The lowest BCUT2D eigenvalue weighted by Crippen LogP contribution is -2.56. The van der Waals surface area contributed by atoms with Gasteiger partial charge < -0.3 is 29.6 Å². The molecule has 3 aliphatic rings. The summed E-state index contributed by atoms with van der Waals surface area (Å²) in [6, 6.07) is 7.13. The van der Waals surface area contributed by atoms with Crippen molar-refractivity contribution in [1.82, 2.24) is 10.6 Å². The van der Waals surface area contributed by atoms with Crippen molar-refractivity contribution in [1.29, 1.82) is 0 Å². The molecular formula is C28H39N3O7S. The van der Waals surface area contributed by atoms with E-state index >= 15 is 0 Å². The highest BCUT2D eigenvalue weighted by molar-refractivity contribution is 8.00. The van der Waals surface area contributed by atoms with Crippen LogP contribution in [0.2, 0.25) is 0 Å². The third-order valence-electron chi connectivity index (χ3n) is 7.58. The predicted molar refractivity (Wildman–Crippen MR) is 148 cm³/mol. The minimum absolute atomic E-state index is 0.0382. The van der Waals surface area contributed by atoms with Gasteiger partial charge in [0.1, 0.15) is 23.4 Å². The van der Waals surface area contributed by atoms with Gasteiger partial charge >= 0.3 is 6.09 Å². The maximum Gasteiger partial charge on any atom is 0.414 e. The van der Waals surface area contributed by atoms with Crippen LogP contribution in [-0.4, -0.2) is 80.5 Å². The lowest BCUT2D eigenvalue weighted by Gasteiger charge is -2.42. The second-order valence-corrected chi connectivity index (χ2v) is 11.8. The lowest BCUT2D eigenvalue weighted by molar-refractivity contribution is -0.124. The Morgan fingerprint density at radius 3 is 2.51 bits per heavy atom. The normalized spacial score (nSPS) is 30.8. The number of allylic oxidation sites excluding steroid dienone is 1. The van der Waals surface area contributed by atoms with Gasteiger partial charge in [0.2, 0.25) is 11.8 Å². The molecule has 0 aromatic heterocycles. The Labute approximate surface area is 233 Å². The number of likely N-dealkylation sites (N-methyl/N-ethyl adjacent to an activating group) is 1. The first kappa shape index (κ1) is 29.5. The van der Waals surface area contributed by atoms with Crippen molar-refractivity contribution in [2.24, 2.45) is 5.92 Å². The Balaban J connectivity index is 1.28. The molecule has 1 aromatic carbocycles. The molecular weight excluding hydrogens is 522 g/mol. The molecule has 3 N–H and O–H groups in total.